The topological polar surface area (TPSA) is 67.4 Å². The first kappa shape index (κ1) is 14.5. The number of anilines is 1. The zero-order chi connectivity index (χ0) is 14.8. The van der Waals surface area contributed by atoms with E-state index in [0.717, 1.165) is 18.7 Å². The van der Waals surface area contributed by atoms with Gasteiger partial charge >= 0.3 is 5.97 Å². The van der Waals surface area contributed by atoms with Gasteiger partial charge in [-0.15, -0.1) is 0 Å². The Kier molecular flexibility index (Phi) is 4.04. The molecule has 0 spiro atoms. The second kappa shape index (κ2) is 5.58. The van der Waals surface area contributed by atoms with E-state index in [9.17, 15) is 14.0 Å². The standard InChI is InChI=1S/C14H17FN2O3/c1-14(5-6-16-8-14)13(19)17-11-7-9(15)3-4-10(11)12(18)20-2/h3-4,7,16H,5-6,8H2,1-2H3,(H,17,19). The number of rotatable bonds is 3. The van der Waals surface area contributed by atoms with Gasteiger partial charge in [-0.2, -0.15) is 0 Å². The highest BCUT2D eigenvalue weighted by molar-refractivity contribution is 6.03. The van der Waals surface area contributed by atoms with Crippen LogP contribution in [0.4, 0.5) is 10.1 Å². The van der Waals surface area contributed by atoms with E-state index in [-0.39, 0.29) is 17.2 Å². The fourth-order valence-corrected chi connectivity index (χ4v) is 2.19. The summed E-state index contributed by atoms with van der Waals surface area (Å²) >= 11 is 0. The van der Waals surface area contributed by atoms with E-state index in [0.29, 0.717) is 13.0 Å². The summed E-state index contributed by atoms with van der Waals surface area (Å²) in [7, 11) is 1.24. The predicted molar refractivity (Wildman–Crippen MR) is 72.0 cm³/mol. The lowest BCUT2D eigenvalue weighted by molar-refractivity contribution is -0.123. The maximum atomic E-state index is 13.3. The summed E-state index contributed by atoms with van der Waals surface area (Å²) < 4.78 is 17.9. The van der Waals surface area contributed by atoms with Crippen LogP contribution in [0.25, 0.3) is 0 Å². The molecule has 1 fully saturated rings. The Labute approximate surface area is 116 Å². The molecule has 1 aromatic carbocycles. The smallest absolute Gasteiger partial charge is 0.339 e. The molecule has 6 heteroatoms. The molecule has 1 saturated heterocycles. The second-order valence-electron chi connectivity index (χ2n) is 5.12. The van der Waals surface area contributed by atoms with Gasteiger partial charge in [0.15, 0.2) is 0 Å². The maximum absolute atomic E-state index is 13.3. The number of carbonyl (C=O) groups excluding carboxylic acids is 2. The van der Waals surface area contributed by atoms with Gasteiger partial charge in [-0.25, -0.2) is 9.18 Å². The lowest BCUT2D eigenvalue weighted by Crippen LogP contribution is -2.35. The van der Waals surface area contributed by atoms with E-state index in [1.807, 2.05) is 6.92 Å². The van der Waals surface area contributed by atoms with Gasteiger partial charge in [0.1, 0.15) is 5.82 Å². The van der Waals surface area contributed by atoms with Crippen LogP contribution < -0.4 is 10.6 Å². The van der Waals surface area contributed by atoms with Gasteiger partial charge in [0.05, 0.1) is 23.8 Å². The third-order valence-electron chi connectivity index (χ3n) is 3.55. The van der Waals surface area contributed by atoms with E-state index in [4.69, 9.17) is 0 Å². The van der Waals surface area contributed by atoms with Crippen molar-refractivity contribution >= 4 is 17.6 Å². The minimum absolute atomic E-state index is 0.134. The molecule has 0 saturated carbocycles. The van der Waals surface area contributed by atoms with Crippen molar-refractivity contribution in [2.45, 2.75) is 13.3 Å². The molecule has 0 aromatic heterocycles. The van der Waals surface area contributed by atoms with Crippen molar-refractivity contribution in [3.05, 3.63) is 29.6 Å². The van der Waals surface area contributed by atoms with Crippen molar-refractivity contribution in [1.29, 1.82) is 0 Å². The number of halogens is 1. The Balaban J connectivity index is 2.26. The third-order valence-corrected chi connectivity index (χ3v) is 3.55. The first-order valence-electron chi connectivity index (χ1n) is 6.36. The molecule has 1 aliphatic heterocycles. The lowest BCUT2D eigenvalue weighted by Gasteiger charge is -2.22. The molecule has 108 valence electrons. The zero-order valence-electron chi connectivity index (χ0n) is 11.5. The first-order valence-corrected chi connectivity index (χ1v) is 6.36. The van der Waals surface area contributed by atoms with Gasteiger partial charge in [-0.1, -0.05) is 0 Å². The van der Waals surface area contributed by atoms with E-state index in [1.54, 1.807) is 0 Å². The average molecular weight is 280 g/mol. The fraction of sp³-hybridized carbons (Fsp3) is 0.429. The number of benzene rings is 1. The van der Waals surface area contributed by atoms with Crippen LogP contribution in [0.2, 0.25) is 0 Å². The van der Waals surface area contributed by atoms with Gasteiger partial charge in [0.2, 0.25) is 5.91 Å². The normalized spacial score (nSPS) is 21.6. The van der Waals surface area contributed by atoms with Gasteiger partial charge in [0, 0.05) is 6.54 Å². The molecule has 1 atom stereocenters. The highest BCUT2D eigenvalue weighted by atomic mass is 19.1. The summed E-state index contributed by atoms with van der Waals surface area (Å²) in [5.74, 6) is -1.38. The zero-order valence-corrected chi connectivity index (χ0v) is 11.5. The van der Waals surface area contributed by atoms with Crippen LogP contribution in [-0.2, 0) is 9.53 Å². The summed E-state index contributed by atoms with van der Waals surface area (Å²) in [5.41, 5.74) is -0.286. The number of nitrogens with one attached hydrogen (secondary N) is 2. The number of hydrogen-bond donors (Lipinski definition) is 2. The largest absolute Gasteiger partial charge is 0.465 e. The van der Waals surface area contributed by atoms with Gasteiger partial charge in [0.25, 0.3) is 0 Å². The first-order chi connectivity index (χ1) is 9.46. The van der Waals surface area contributed by atoms with Crippen LogP contribution >= 0.6 is 0 Å². The maximum Gasteiger partial charge on any atom is 0.339 e. The number of carbonyl (C=O) groups is 2. The van der Waals surface area contributed by atoms with E-state index in [1.165, 1.54) is 13.2 Å². The minimum atomic E-state index is -0.616. The molecule has 1 heterocycles. The van der Waals surface area contributed by atoms with Crippen LogP contribution in [0, 0.1) is 11.2 Å². The molecule has 20 heavy (non-hydrogen) atoms. The van der Waals surface area contributed by atoms with Crippen LogP contribution in [0.5, 0.6) is 0 Å². The molecule has 1 aromatic rings. The van der Waals surface area contributed by atoms with Crippen molar-refractivity contribution in [2.24, 2.45) is 5.41 Å². The number of methoxy groups -OCH3 is 1. The summed E-state index contributed by atoms with van der Waals surface area (Å²) in [5, 5.41) is 5.74. The number of amides is 1. The molecule has 1 unspecified atom stereocenters. The fourth-order valence-electron chi connectivity index (χ4n) is 2.19. The average Bonchev–Trinajstić information content (AvgIpc) is 2.86. The van der Waals surface area contributed by atoms with Crippen molar-refractivity contribution in [1.82, 2.24) is 5.32 Å². The van der Waals surface area contributed by atoms with Gasteiger partial charge in [-0.3, -0.25) is 4.79 Å². The van der Waals surface area contributed by atoms with Gasteiger partial charge < -0.3 is 15.4 Å². The molecule has 2 rings (SSSR count). The van der Waals surface area contributed by atoms with Crippen molar-refractivity contribution in [2.75, 3.05) is 25.5 Å². The van der Waals surface area contributed by atoms with Crippen molar-refractivity contribution in [3.63, 3.8) is 0 Å². The highest BCUT2D eigenvalue weighted by Crippen LogP contribution is 2.27. The Morgan fingerprint density at radius 3 is 2.80 bits per heavy atom. The highest BCUT2D eigenvalue weighted by Gasteiger charge is 2.36. The van der Waals surface area contributed by atoms with E-state index < -0.39 is 17.2 Å². The molecular formula is C14H17FN2O3. The Bertz CT molecular complexity index is 539. The lowest BCUT2D eigenvalue weighted by atomic mass is 9.88. The Morgan fingerprint density at radius 1 is 1.45 bits per heavy atom. The molecule has 1 aliphatic rings. The third kappa shape index (κ3) is 2.80. The molecule has 5 nitrogen and oxygen atoms in total. The molecule has 0 radical (unpaired) electrons. The van der Waals surface area contributed by atoms with Crippen LogP contribution in [-0.4, -0.2) is 32.1 Å². The van der Waals surface area contributed by atoms with Crippen LogP contribution in [0.1, 0.15) is 23.7 Å². The SMILES string of the molecule is COC(=O)c1ccc(F)cc1NC(=O)C1(C)CCNC1. The van der Waals surface area contributed by atoms with Gasteiger partial charge in [-0.05, 0) is 38.1 Å². The van der Waals surface area contributed by atoms with Crippen molar-refractivity contribution in [3.8, 4) is 0 Å². The minimum Gasteiger partial charge on any atom is -0.465 e. The number of hydrogen-bond acceptors (Lipinski definition) is 4. The number of esters is 1. The van der Waals surface area contributed by atoms with Crippen LogP contribution in [0.3, 0.4) is 0 Å². The predicted octanol–water partition coefficient (Wildman–Crippen LogP) is 1.55. The second-order valence-corrected chi connectivity index (χ2v) is 5.12. The molecule has 1 amide bonds. The summed E-state index contributed by atoms with van der Waals surface area (Å²) in [6, 6.07) is 3.57. The molecular weight excluding hydrogens is 263 g/mol. The summed E-state index contributed by atoms with van der Waals surface area (Å²) in [4.78, 5) is 23.9. The number of ether oxygens (including phenoxy) is 1. The Hall–Kier alpha value is -1.95. The molecule has 0 aliphatic carbocycles. The summed E-state index contributed by atoms with van der Waals surface area (Å²) in [6.45, 7) is 3.15. The van der Waals surface area contributed by atoms with Crippen molar-refractivity contribution < 1.29 is 18.7 Å². The quantitative estimate of drug-likeness (QED) is 0.824. The van der Waals surface area contributed by atoms with Crippen LogP contribution in [0.15, 0.2) is 18.2 Å². The molecule has 2 N–H and O–H groups in total. The van der Waals surface area contributed by atoms with E-state index in [2.05, 4.69) is 15.4 Å². The van der Waals surface area contributed by atoms with E-state index >= 15 is 0 Å². The molecule has 0 bridgehead atoms. The monoisotopic (exact) mass is 280 g/mol. The Morgan fingerprint density at radius 2 is 2.20 bits per heavy atom. The summed E-state index contributed by atoms with van der Waals surface area (Å²) in [6.07, 6.45) is 0.696.